The fourth-order valence-electron chi connectivity index (χ4n) is 7.23. The zero-order valence-corrected chi connectivity index (χ0v) is 36.5. The highest BCUT2D eigenvalue weighted by Gasteiger charge is 2.26. The number of nitrogens with two attached hydrogens (primary N) is 3. The summed E-state index contributed by atoms with van der Waals surface area (Å²) in [5.41, 5.74) is 18.9. The van der Waals surface area contributed by atoms with Gasteiger partial charge < -0.3 is 37.6 Å². The van der Waals surface area contributed by atoms with E-state index in [1.807, 2.05) is 17.0 Å². The number of hydrogen-bond donors (Lipinski definition) is 5. The minimum absolute atomic E-state index is 0.00671. The van der Waals surface area contributed by atoms with Crippen LogP contribution >= 0.6 is 0 Å². The van der Waals surface area contributed by atoms with E-state index in [1.54, 1.807) is 36.7 Å². The van der Waals surface area contributed by atoms with Crippen molar-refractivity contribution >= 4 is 71.9 Å². The molecule has 2 saturated heterocycles. The van der Waals surface area contributed by atoms with Gasteiger partial charge in [0.1, 0.15) is 17.4 Å². The molecule has 2 aliphatic heterocycles. The summed E-state index contributed by atoms with van der Waals surface area (Å²) in [6.07, 6.45) is 13.3. The molecule has 0 bridgehead atoms. The van der Waals surface area contributed by atoms with E-state index < -0.39 is 31.5 Å². The van der Waals surface area contributed by atoms with E-state index in [0.29, 0.717) is 48.9 Å². The molecule has 2 aliphatic rings. The normalized spacial score (nSPS) is 16.6. The highest BCUT2D eigenvalue weighted by Crippen LogP contribution is 2.28. The molecule has 0 unspecified atom stereocenters. The SMILES string of the molecule is CS(=O)(=O)c1ccc(Nc2nc(N3CCC[C@@H](CC(=O)Cc4cccnc4)C3)cnc2C(N)=O)cc1.CS(=O)(=O)c1ccc(Nc2nc(N3CCC[C@@H](N)C3)cnc2C(N)=O)cc1. The Bertz CT molecular complexity index is 2650. The van der Waals surface area contributed by atoms with Crippen LogP contribution in [0.5, 0.6) is 0 Å². The van der Waals surface area contributed by atoms with E-state index >= 15 is 0 Å². The first-order valence-corrected chi connectivity index (χ1v) is 23.8. The van der Waals surface area contributed by atoms with Crippen molar-refractivity contribution in [3.63, 3.8) is 0 Å². The Morgan fingerprint density at radius 1 is 0.698 bits per heavy atom. The summed E-state index contributed by atoms with van der Waals surface area (Å²) >= 11 is 0. The Hall–Kier alpha value is -6.58. The summed E-state index contributed by atoms with van der Waals surface area (Å²) in [4.78, 5) is 62.3. The highest BCUT2D eigenvalue weighted by atomic mass is 32.2. The number of Topliss-reactive ketones (excluding diaryl/α,β-unsaturated/α-hetero) is 1. The van der Waals surface area contributed by atoms with Crippen molar-refractivity contribution in [3.8, 4) is 0 Å². The van der Waals surface area contributed by atoms with Crippen LogP contribution in [0.1, 0.15) is 58.6 Å². The van der Waals surface area contributed by atoms with Crippen LogP contribution in [0.25, 0.3) is 0 Å². The lowest BCUT2D eigenvalue weighted by Gasteiger charge is -2.33. The minimum Gasteiger partial charge on any atom is -0.364 e. The molecular formula is C42H50N12O7S2. The topological polar surface area (TPSA) is 293 Å². The standard InChI is InChI=1S/C25H28N6O4S.C17H22N6O3S/c1-36(34,35)21-8-6-19(7-9-21)29-25-23(24(26)33)28-15-22(30-25)31-11-3-5-18(16-31)13-20(32)12-17-4-2-10-27-14-17;1-27(25,26)13-6-4-12(5-7-13)21-17-15(16(19)24)20-9-14(22-17)23-8-2-3-11(18)10-23/h2,4,6-10,14-15,18H,3,5,11-13,16H2,1H3,(H2,26,33)(H,29,30);4-7,9,11H,2-3,8,10,18H2,1H3,(H2,19,24)(H,21,22)/t18-;11-/m01/s1. The van der Waals surface area contributed by atoms with Gasteiger partial charge in [0, 0.05) is 81.3 Å². The Labute approximate surface area is 365 Å². The van der Waals surface area contributed by atoms with Crippen molar-refractivity contribution in [2.45, 2.75) is 54.4 Å². The fourth-order valence-corrected chi connectivity index (χ4v) is 8.49. The molecule has 5 heterocycles. The monoisotopic (exact) mass is 898 g/mol. The first kappa shape index (κ1) is 45.9. The second kappa shape index (κ2) is 20.1. The maximum atomic E-state index is 12.6. The molecule has 0 spiro atoms. The summed E-state index contributed by atoms with van der Waals surface area (Å²) in [5, 5.41) is 6.02. The second-order valence-corrected chi connectivity index (χ2v) is 19.5. The number of nitrogens with zero attached hydrogens (tertiary/aromatic N) is 7. The molecule has 7 rings (SSSR count). The third-order valence-corrected chi connectivity index (χ3v) is 12.6. The fraction of sp³-hybridized carbons (Fsp3) is 0.333. The van der Waals surface area contributed by atoms with Crippen LogP contribution in [0.2, 0.25) is 0 Å². The number of amides is 2. The minimum atomic E-state index is -3.33. The van der Waals surface area contributed by atoms with Crippen molar-refractivity contribution in [2.24, 2.45) is 23.1 Å². The third-order valence-electron chi connectivity index (χ3n) is 10.3. The van der Waals surface area contributed by atoms with Crippen molar-refractivity contribution < 1.29 is 31.2 Å². The summed E-state index contributed by atoms with van der Waals surface area (Å²) < 4.78 is 46.6. The Kier molecular flexibility index (Phi) is 14.6. The Morgan fingerprint density at radius 2 is 1.19 bits per heavy atom. The zero-order valence-electron chi connectivity index (χ0n) is 34.8. The molecule has 0 radical (unpaired) electrons. The average molecular weight is 899 g/mol. The van der Waals surface area contributed by atoms with Crippen molar-refractivity contribution in [3.05, 3.63) is 102 Å². The van der Waals surface area contributed by atoms with E-state index in [4.69, 9.17) is 17.2 Å². The maximum absolute atomic E-state index is 12.6. The lowest BCUT2D eigenvalue weighted by Crippen LogP contribution is -2.43. The van der Waals surface area contributed by atoms with Crippen LogP contribution in [0.4, 0.5) is 34.6 Å². The number of carbonyl (C=O) groups excluding carboxylic acids is 3. The number of aromatic nitrogens is 5. The number of ketones is 1. The molecule has 332 valence electrons. The Balaban J connectivity index is 0.000000219. The lowest BCUT2D eigenvalue weighted by atomic mass is 9.91. The number of piperidine rings is 2. The number of pyridine rings is 1. The quantitative estimate of drug-likeness (QED) is 0.107. The van der Waals surface area contributed by atoms with Gasteiger partial charge in [0.2, 0.25) is 0 Å². The summed E-state index contributed by atoms with van der Waals surface area (Å²) in [7, 11) is -6.62. The number of carbonyl (C=O) groups is 3. The predicted octanol–water partition coefficient (Wildman–Crippen LogP) is 3.19. The Morgan fingerprint density at radius 3 is 1.63 bits per heavy atom. The van der Waals surface area contributed by atoms with Gasteiger partial charge in [0.15, 0.2) is 42.7 Å². The summed E-state index contributed by atoms with van der Waals surface area (Å²) in [6.45, 7) is 2.86. The molecule has 21 heteroatoms. The maximum Gasteiger partial charge on any atom is 0.271 e. The van der Waals surface area contributed by atoms with Gasteiger partial charge in [-0.2, -0.15) is 0 Å². The predicted molar refractivity (Wildman–Crippen MR) is 239 cm³/mol. The van der Waals surface area contributed by atoms with Crippen molar-refractivity contribution in [1.82, 2.24) is 24.9 Å². The van der Waals surface area contributed by atoms with Crippen LogP contribution in [-0.2, 0) is 30.9 Å². The van der Waals surface area contributed by atoms with E-state index in [1.165, 1.54) is 36.7 Å². The molecule has 63 heavy (non-hydrogen) atoms. The van der Waals surface area contributed by atoms with Gasteiger partial charge in [-0.15, -0.1) is 0 Å². The number of rotatable bonds is 14. The highest BCUT2D eigenvalue weighted by molar-refractivity contribution is 7.91. The van der Waals surface area contributed by atoms with Gasteiger partial charge >= 0.3 is 0 Å². The van der Waals surface area contributed by atoms with Crippen molar-refractivity contribution in [2.75, 3.05) is 59.1 Å². The third kappa shape index (κ3) is 12.7. The van der Waals surface area contributed by atoms with E-state index in [0.717, 1.165) is 56.8 Å². The molecule has 2 amide bonds. The van der Waals surface area contributed by atoms with Crippen LogP contribution in [0.15, 0.2) is 95.2 Å². The molecule has 2 aromatic carbocycles. The van der Waals surface area contributed by atoms with Gasteiger partial charge in [0.25, 0.3) is 11.8 Å². The molecule has 19 nitrogen and oxygen atoms in total. The number of anilines is 6. The van der Waals surface area contributed by atoms with Crippen molar-refractivity contribution in [1.29, 1.82) is 0 Å². The smallest absolute Gasteiger partial charge is 0.271 e. The summed E-state index contributed by atoms with van der Waals surface area (Å²) in [6, 6.07) is 16.0. The second-order valence-electron chi connectivity index (χ2n) is 15.5. The van der Waals surface area contributed by atoms with Gasteiger partial charge in [0.05, 0.1) is 22.2 Å². The number of nitrogens with one attached hydrogen (secondary N) is 2. The molecular weight excluding hydrogens is 849 g/mol. The molecule has 2 fully saturated rings. The van der Waals surface area contributed by atoms with Gasteiger partial charge in [-0.05, 0) is 91.8 Å². The number of benzene rings is 2. The van der Waals surface area contributed by atoms with Gasteiger partial charge in [-0.25, -0.2) is 36.8 Å². The number of sulfone groups is 2. The molecule has 2 atom stereocenters. The van der Waals surface area contributed by atoms with E-state index in [2.05, 4.69) is 40.5 Å². The molecule has 0 aliphatic carbocycles. The van der Waals surface area contributed by atoms with Crippen LogP contribution in [0.3, 0.4) is 0 Å². The van der Waals surface area contributed by atoms with E-state index in [-0.39, 0.29) is 50.6 Å². The van der Waals surface area contributed by atoms with Crippen LogP contribution in [0, 0.1) is 5.92 Å². The number of hydrogen-bond acceptors (Lipinski definition) is 17. The van der Waals surface area contributed by atoms with E-state index in [9.17, 15) is 31.2 Å². The number of primary amides is 2. The molecule has 3 aromatic heterocycles. The van der Waals surface area contributed by atoms with Crippen LogP contribution < -0.4 is 37.6 Å². The molecule has 8 N–H and O–H groups in total. The molecule has 0 saturated carbocycles. The largest absolute Gasteiger partial charge is 0.364 e. The zero-order chi connectivity index (χ0) is 45.3. The van der Waals surface area contributed by atoms with Gasteiger partial charge in [-0.1, -0.05) is 6.07 Å². The lowest BCUT2D eigenvalue weighted by molar-refractivity contribution is -0.119. The van der Waals surface area contributed by atoms with Gasteiger partial charge in [-0.3, -0.25) is 19.4 Å². The average Bonchev–Trinajstić information content (AvgIpc) is 3.24. The summed E-state index contributed by atoms with van der Waals surface area (Å²) in [5.74, 6) is 0.477. The first-order chi connectivity index (χ1) is 29.9. The molecule has 5 aromatic rings. The van der Waals surface area contributed by atoms with Crippen LogP contribution in [-0.4, -0.2) is 104 Å². The first-order valence-electron chi connectivity index (χ1n) is 20.1.